The molecule has 0 amide bonds. The number of hydrogen-bond acceptors (Lipinski definition) is 4. The van der Waals surface area contributed by atoms with Crippen molar-refractivity contribution in [1.82, 2.24) is 9.97 Å². The molecule has 0 unspecified atom stereocenters. The van der Waals surface area contributed by atoms with E-state index in [1.807, 2.05) is 0 Å². The summed E-state index contributed by atoms with van der Waals surface area (Å²) in [5.41, 5.74) is -0.790. The second-order valence-corrected chi connectivity index (χ2v) is 3.74. The molecule has 0 aromatic carbocycles. The van der Waals surface area contributed by atoms with Gasteiger partial charge in [0.2, 0.25) is 0 Å². The van der Waals surface area contributed by atoms with Gasteiger partial charge in [0.05, 0.1) is 6.42 Å². The van der Waals surface area contributed by atoms with Crippen molar-refractivity contribution in [2.45, 2.75) is 24.8 Å². The summed E-state index contributed by atoms with van der Waals surface area (Å²) in [4.78, 5) is 28.2. The Labute approximate surface area is 85.4 Å². The number of aliphatic carboxylic acids is 1. The van der Waals surface area contributed by atoms with Crippen LogP contribution in [0.5, 0.6) is 0 Å². The zero-order valence-corrected chi connectivity index (χ0v) is 7.99. The predicted octanol–water partition coefficient (Wildman–Crippen LogP) is 0.189. The SMILES string of the molecule is O=C(O)CC1(Nc2ncc[nH]c2=O)CC1. The topological polar surface area (TPSA) is 95.1 Å². The number of anilines is 1. The van der Waals surface area contributed by atoms with Crippen LogP contribution in [0.3, 0.4) is 0 Å². The van der Waals surface area contributed by atoms with E-state index in [1.165, 1.54) is 12.4 Å². The fourth-order valence-corrected chi connectivity index (χ4v) is 1.48. The summed E-state index contributed by atoms with van der Waals surface area (Å²) in [5.74, 6) is -0.677. The van der Waals surface area contributed by atoms with Crippen LogP contribution in [-0.4, -0.2) is 26.6 Å². The Morgan fingerprint density at radius 2 is 2.40 bits per heavy atom. The Bertz CT molecular complexity index is 436. The maximum absolute atomic E-state index is 11.3. The van der Waals surface area contributed by atoms with Gasteiger partial charge in [0.25, 0.3) is 5.56 Å². The molecule has 2 rings (SSSR count). The molecule has 3 N–H and O–H groups in total. The largest absolute Gasteiger partial charge is 0.481 e. The molecule has 6 heteroatoms. The number of carboxylic acids is 1. The van der Waals surface area contributed by atoms with Crippen molar-refractivity contribution in [3.05, 3.63) is 22.7 Å². The van der Waals surface area contributed by atoms with E-state index >= 15 is 0 Å². The zero-order chi connectivity index (χ0) is 10.9. The minimum absolute atomic E-state index is 0.0169. The molecule has 0 aliphatic heterocycles. The first-order chi connectivity index (χ1) is 7.11. The first-order valence-corrected chi connectivity index (χ1v) is 4.65. The van der Waals surface area contributed by atoms with Gasteiger partial charge < -0.3 is 15.4 Å². The number of H-pyrrole nitrogens is 1. The lowest BCUT2D eigenvalue weighted by atomic mass is 10.2. The Morgan fingerprint density at radius 1 is 1.67 bits per heavy atom. The number of nitrogens with one attached hydrogen (secondary N) is 2. The second-order valence-electron chi connectivity index (χ2n) is 3.74. The molecule has 0 bridgehead atoms. The van der Waals surface area contributed by atoms with E-state index in [2.05, 4.69) is 15.3 Å². The number of nitrogens with zero attached hydrogens (tertiary/aromatic N) is 1. The van der Waals surface area contributed by atoms with E-state index in [9.17, 15) is 9.59 Å². The monoisotopic (exact) mass is 209 g/mol. The van der Waals surface area contributed by atoms with Crippen LogP contribution in [0.15, 0.2) is 17.2 Å². The van der Waals surface area contributed by atoms with Gasteiger partial charge in [0, 0.05) is 17.9 Å². The maximum Gasteiger partial charge on any atom is 0.305 e. The van der Waals surface area contributed by atoms with Crippen LogP contribution in [0.2, 0.25) is 0 Å². The molecule has 0 atom stereocenters. The van der Waals surface area contributed by atoms with E-state index in [0.717, 1.165) is 12.8 Å². The zero-order valence-electron chi connectivity index (χ0n) is 7.99. The quantitative estimate of drug-likeness (QED) is 0.657. The van der Waals surface area contributed by atoms with Crippen molar-refractivity contribution >= 4 is 11.8 Å². The summed E-state index contributed by atoms with van der Waals surface area (Å²) in [5, 5.41) is 11.6. The molecule has 0 saturated heterocycles. The van der Waals surface area contributed by atoms with Gasteiger partial charge in [-0.3, -0.25) is 9.59 Å². The highest BCUT2D eigenvalue weighted by Gasteiger charge is 2.45. The van der Waals surface area contributed by atoms with Crippen molar-refractivity contribution in [2.75, 3.05) is 5.32 Å². The summed E-state index contributed by atoms with van der Waals surface area (Å²) < 4.78 is 0. The minimum Gasteiger partial charge on any atom is -0.481 e. The number of carbonyl (C=O) groups is 1. The van der Waals surface area contributed by atoms with Crippen LogP contribution in [-0.2, 0) is 4.79 Å². The number of carboxylic acid groups (broad SMARTS) is 1. The Morgan fingerprint density at radius 3 is 2.93 bits per heavy atom. The van der Waals surface area contributed by atoms with Gasteiger partial charge in [-0.15, -0.1) is 0 Å². The average molecular weight is 209 g/mol. The highest BCUT2D eigenvalue weighted by Crippen LogP contribution is 2.40. The molecule has 0 radical (unpaired) electrons. The van der Waals surface area contributed by atoms with Crippen LogP contribution < -0.4 is 10.9 Å². The Balaban J connectivity index is 2.12. The third kappa shape index (κ3) is 2.15. The minimum atomic E-state index is -0.868. The summed E-state index contributed by atoms with van der Waals surface area (Å²) >= 11 is 0. The highest BCUT2D eigenvalue weighted by atomic mass is 16.4. The summed E-state index contributed by atoms with van der Waals surface area (Å²) in [6.45, 7) is 0. The fourth-order valence-electron chi connectivity index (χ4n) is 1.48. The third-order valence-corrected chi connectivity index (χ3v) is 2.43. The van der Waals surface area contributed by atoms with Crippen molar-refractivity contribution < 1.29 is 9.90 Å². The third-order valence-electron chi connectivity index (χ3n) is 2.43. The van der Waals surface area contributed by atoms with Gasteiger partial charge in [0.1, 0.15) is 0 Å². The number of aromatic amines is 1. The standard InChI is InChI=1S/C9H11N3O3/c13-6(14)5-9(1-2-9)12-7-8(15)11-4-3-10-7/h3-4H,1-2,5H2,(H,10,12)(H,11,15)(H,13,14). The summed E-state index contributed by atoms with van der Waals surface area (Å²) in [7, 11) is 0. The highest BCUT2D eigenvalue weighted by molar-refractivity contribution is 5.70. The molecule has 6 nitrogen and oxygen atoms in total. The van der Waals surface area contributed by atoms with Crippen molar-refractivity contribution in [1.29, 1.82) is 0 Å². The molecule has 1 aliphatic rings. The average Bonchev–Trinajstić information content (AvgIpc) is 2.88. The van der Waals surface area contributed by atoms with E-state index in [1.54, 1.807) is 0 Å². The smallest absolute Gasteiger partial charge is 0.305 e. The van der Waals surface area contributed by atoms with Gasteiger partial charge >= 0.3 is 5.97 Å². The summed E-state index contributed by atoms with van der Waals surface area (Å²) in [6, 6.07) is 0. The van der Waals surface area contributed by atoms with E-state index in [0.29, 0.717) is 0 Å². The van der Waals surface area contributed by atoms with Crippen molar-refractivity contribution in [3.8, 4) is 0 Å². The van der Waals surface area contributed by atoms with Gasteiger partial charge in [-0.05, 0) is 12.8 Å². The van der Waals surface area contributed by atoms with Crippen LogP contribution in [0.1, 0.15) is 19.3 Å². The molecule has 1 heterocycles. The molecule has 1 saturated carbocycles. The van der Waals surface area contributed by atoms with Crippen LogP contribution >= 0.6 is 0 Å². The van der Waals surface area contributed by atoms with Crippen LogP contribution in [0.4, 0.5) is 5.82 Å². The fraction of sp³-hybridized carbons (Fsp3) is 0.444. The number of aromatic nitrogens is 2. The molecule has 1 aromatic rings. The van der Waals surface area contributed by atoms with Crippen molar-refractivity contribution in [2.24, 2.45) is 0 Å². The molecule has 1 aliphatic carbocycles. The van der Waals surface area contributed by atoms with Crippen LogP contribution in [0.25, 0.3) is 0 Å². The molecular formula is C9H11N3O3. The van der Waals surface area contributed by atoms with Gasteiger partial charge in [-0.2, -0.15) is 0 Å². The molecule has 80 valence electrons. The molecule has 0 spiro atoms. The normalized spacial score (nSPS) is 17.1. The Hall–Kier alpha value is -1.85. The molecule has 15 heavy (non-hydrogen) atoms. The maximum atomic E-state index is 11.3. The summed E-state index contributed by atoms with van der Waals surface area (Å²) in [6.07, 6.45) is 4.43. The lowest BCUT2D eigenvalue weighted by Crippen LogP contribution is -2.29. The van der Waals surface area contributed by atoms with E-state index in [4.69, 9.17) is 5.11 Å². The first kappa shape index (κ1) is 9.70. The lowest BCUT2D eigenvalue weighted by molar-refractivity contribution is -0.137. The number of rotatable bonds is 4. The first-order valence-electron chi connectivity index (χ1n) is 4.65. The second kappa shape index (κ2) is 3.38. The van der Waals surface area contributed by atoms with Crippen molar-refractivity contribution in [3.63, 3.8) is 0 Å². The van der Waals surface area contributed by atoms with Gasteiger partial charge in [0.15, 0.2) is 5.82 Å². The van der Waals surface area contributed by atoms with Gasteiger partial charge in [-0.25, -0.2) is 4.98 Å². The molecule has 1 aromatic heterocycles. The van der Waals surface area contributed by atoms with E-state index < -0.39 is 11.5 Å². The van der Waals surface area contributed by atoms with Gasteiger partial charge in [-0.1, -0.05) is 0 Å². The molecular weight excluding hydrogens is 198 g/mol. The Kier molecular flexibility index (Phi) is 2.18. The molecule has 1 fully saturated rings. The number of hydrogen-bond donors (Lipinski definition) is 3. The van der Waals surface area contributed by atoms with Crippen LogP contribution in [0, 0.1) is 0 Å². The lowest BCUT2D eigenvalue weighted by Gasteiger charge is -2.14. The predicted molar refractivity (Wildman–Crippen MR) is 52.7 cm³/mol. The van der Waals surface area contributed by atoms with E-state index in [-0.39, 0.29) is 17.8 Å².